The Balaban J connectivity index is 2.10. The number of rotatable bonds is 5. The van der Waals surface area contributed by atoms with Gasteiger partial charge in [0.1, 0.15) is 6.07 Å². The summed E-state index contributed by atoms with van der Waals surface area (Å²) in [7, 11) is -3.54. The number of hydrogen-bond donors (Lipinski definition) is 1. The Labute approximate surface area is 101 Å². The van der Waals surface area contributed by atoms with E-state index in [2.05, 4.69) is 4.72 Å². The molecule has 90 valence electrons. The highest BCUT2D eigenvalue weighted by Gasteiger charge is 2.23. The van der Waals surface area contributed by atoms with Gasteiger partial charge in [0, 0.05) is 6.54 Å². The minimum absolute atomic E-state index is 0.0679. The normalized spacial score (nSPS) is 15.5. The Hall–Kier alpha value is -1.38. The van der Waals surface area contributed by atoms with E-state index < -0.39 is 10.0 Å². The number of nitrogens with one attached hydrogen (secondary N) is 1. The van der Waals surface area contributed by atoms with E-state index in [1.165, 1.54) is 25.0 Å². The van der Waals surface area contributed by atoms with Crippen molar-refractivity contribution < 1.29 is 8.42 Å². The van der Waals surface area contributed by atoms with Gasteiger partial charge in [-0.3, -0.25) is 0 Å². The fraction of sp³-hybridized carbons (Fsp3) is 0.417. The molecular weight excluding hydrogens is 236 g/mol. The molecule has 0 aliphatic heterocycles. The Morgan fingerprint density at radius 1 is 1.35 bits per heavy atom. The highest BCUT2D eigenvalue weighted by atomic mass is 32.2. The molecule has 0 atom stereocenters. The van der Waals surface area contributed by atoms with Crippen LogP contribution >= 0.6 is 0 Å². The highest BCUT2D eigenvalue weighted by molar-refractivity contribution is 7.89. The van der Waals surface area contributed by atoms with Crippen LogP contribution in [0.15, 0.2) is 29.2 Å². The number of sulfonamides is 1. The molecular formula is C12H14N2O2S. The number of nitriles is 1. The first-order valence-corrected chi connectivity index (χ1v) is 7.10. The molecule has 1 saturated carbocycles. The van der Waals surface area contributed by atoms with E-state index in [0.717, 1.165) is 6.42 Å². The Morgan fingerprint density at radius 3 is 2.71 bits per heavy atom. The molecule has 1 aliphatic carbocycles. The van der Waals surface area contributed by atoms with Crippen molar-refractivity contribution >= 4 is 10.0 Å². The second kappa shape index (κ2) is 4.86. The topological polar surface area (TPSA) is 70.0 Å². The molecule has 0 radical (unpaired) electrons. The summed E-state index contributed by atoms with van der Waals surface area (Å²) < 4.78 is 26.4. The summed E-state index contributed by atoms with van der Waals surface area (Å²) in [6.07, 6.45) is 3.29. The van der Waals surface area contributed by atoms with Gasteiger partial charge in [-0.25, -0.2) is 13.1 Å². The third-order valence-corrected chi connectivity index (χ3v) is 4.36. The van der Waals surface area contributed by atoms with E-state index in [-0.39, 0.29) is 10.5 Å². The predicted octanol–water partition coefficient (Wildman–Crippen LogP) is 1.64. The van der Waals surface area contributed by atoms with Crippen molar-refractivity contribution in [2.45, 2.75) is 24.2 Å². The van der Waals surface area contributed by atoms with Crippen LogP contribution in [0.2, 0.25) is 0 Å². The fourth-order valence-electron chi connectivity index (χ4n) is 1.68. The van der Waals surface area contributed by atoms with Crippen LogP contribution in [0.25, 0.3) is 0 Å². The lowest BCUT2D eigenvalue weighted by Gasteiger charge is -2.07. The van der Waals surface area contributed by atoms with Gasteiger partial charge in [0.2, 0.25) is 10.0 Å². The summed E-state index contributed by atoms with van der Waals surface area (Å²) in [5.41, 5.74) is 0.187. The highest BCUT2D eigenvalue weighted by Crippen LogP contribution is 2.31. The molecule has 4 nitrogen and oxygen atoms in total. The summed E-state index contributed by atoms with van der Waals surface area (Å²) in [5.74, 6) is 0.684. The second-order valence-electron chi connectivity index (χ2n) is 4.24. The first-order valence-electron chi connectivity index (χ1n) is 5.62. The van der Waals surface area contributed by atoms with Crippen molar-refractivity contribution in [3.8, 4) is 6.07 Å². The summed E-state index contributed by atoms with van der Waals surface area (Å²) in [4.78, 5) is 0.0679. The summed E-state index contributed by atoms with van der Waals surface area (Å²) in [6.45, 7) is 0.451. The van der Waals surface area contributed by atoms with Gasteiger partial charge >= 0.3 is 0 Å². The van der Waals surface area contributed by atoms with Crippen molar-refractivity contribution in [3.05, 3.63) is 29.8 Å². The lowest BCUT2D eigenvalue weighted by atomic mass is 10.2. The molecule has 1 aliphatic rings. The van der Waals surface area contributed by atoms with Crippen LogP contribution in [0.1, 0.15) is 24.8 Å². The average Bonchev–Trinajstić information content (AvgIpc) is 3.13. The third-order valence-electron chi connectivity index (χ3n) is 2.84. The Bertz CT molecular complexity index is 542. The Kier molecular flexibility index (Phi) is 3.46. The quantitative estimate of drug-likeness (QED) is 0.863. The molecule has 2 rings (SSSR count). The molecule has 0 amide bonds. The van der Waals surface area contributed by atoms with Gasteiger partial charge in [-0.1, -0.05) is 25.0 Å². The summed E-state index contributed by atoms with van der Waals surface area (Å²) >= 11 is 0. The summed E-state index contributed by atoms with van der Waals surface area (Å²) in [5, 5.41) is 8.86. The Morgan fingerprint density at radius 2 is 2.06 bits per heavy atom. The van der Waals surface area contributed by atoms with E-state index in [4.69, 9.17) is 5.26 Å². The maximum absolute atomic E-state index is 12.0. The van der Waals surface area contributed by atoms with Gasteiger partial charge in [0.05, 0.1) is 10.5 Å². The zero-order chi connectivity index (χ0) is 12.3. The molecule has 0 bridgehead atoms. The third kappa shape index (κ3) is 3.05. The lowest BCUT2D eigenvalue weighted by Crippen LogP contribution is -2.25. The van der Waals surface area contributed by atoms with Gasteiger partial charge in [-0.2, -0.15) is 5.26 Å². The van der Waals surface area contributed by atoms with Crippen LogP contribution < -0.4 is 4.72 Å². The largest absolute Gasteiger partial charge is 0.241 e. The minimum Gasteiger partial charge on any atom is -0.211 e. The van der Waals surface area contributed by atoms with Crippen molar-refractivity contribution in [1.29, 1.82) is 5.26 Å². The molecule has 0 spiro atoms. The minimum atomic E-state index is -3.54. The average molecular weight is 250 g/mol. The van der Waals surface area contributed by atoms with Crippen molar-refractivity contribution in [2.75, 3.05) is 6.54 Å². The molecule has 0 aromatic heterocycles. The zero-order valence-electron chi connectivity index (χ0n) is 9.39. The summed E-state index contributed by atoms with van der Waals surface area (Å²) in [6, 6.07) is 8.14. The van der Waals surface area contributed by atoms with E-state index in [0.29, 0.717) is 12.5 Å². The van der Waals surface area contributed by atoms with E-state index >= 15 is 0 Å². The van der Waals surface area contributed by atoms with Crippen LogP contribution in [0, 0.1) is 17.2 Å². The van der Waals surface area contributed by atoms with E-state index in [1.807, 2.05) is 6.07 Å². The van der Waals surface area contributed by atoms with Gasteiger partial charge in [0.15, 0.2) is 0 Å². The molecule has 5 heteroatoms. The second-order valence-corrected chi connectivity index (χ2v) is 5.97. The van der Waals surface area contributed by atoms with Gasteiger partial charge in [-0.15, -0.1) is 0 Å². The van der Waals surface area contributed by atoms with Gasteiger partial charge < -0.3 is 0 Å². The molecule has 17 heavy (non-hydrogen) atoms. The number of hydrogen-bond acceptors (Lipinski definition) is 3. The number of benzene rings is 1. The fourth-order valence-corrected chi connectivity index (χ4v) is 2.88. The van der Waals surface area contributed by atoms with Crippen LogP contribution in [-0.4, -0.2) is 15.0 Å². The molecule has 0 unspecified atom stereocenters. The SMILES string of the molecule is N#Cc1ccccc1S(=O)(=O)NCCC1CC1. The first-order chi connectivity index (χ1) is 8.13. The molecule has 0 saturated heterocycles. The smallest absolute Gasteiger partial charge is 0.211 e. The van der Waals surface area contributed by atoms with Gasteiger partial charge in [0.25, 0.3) is 0 Å². The standard InChI is InChI=1S/C12H14N2O2S/c13-9-11-3-1-2-4-12(11)17(15,16)14-8-7-10-5-6-10/h1-4,10,14H,5-8H2. The van der Waals surface area contributed by atoms with E-state index in [9.17, 15) is 8.42 Å². The lowest BCUT2D eigenvalue weighted by molar-refractivity contribution is 0.575. The predicted molar refractivity (Wildman–Crippen MR) is 63.7 cm³/mol. The van der Waals surface area contributed by atoms with Gasteiger partial charge in [-0.05, 0) is 24.5 Å². The maximum atomic E-state index is 12.0. The molecule has 1 N–H and O–H groups in total. The monoisotopic (exact) mass is 250 g/mol. The van der Waals surface area contributed by atoms with Crippen LogP contribution in [0.5, 0.6) is 0 Å². The van der Waals surface area contributed by atoms with E-state index in [1.54, 1.807) is 12.1 Å². The molecule has 1 aromatic rings. The zero-order valence-corrected chi connectivity index (χ0v) is 10.2. The van der Waals surface area contributed by atoms with Crippen molar-refractivity contribution in [2.24, 2.45) is 5.92 Å². The van der Waals surface area contributed by atoms with Crippen LogP contribution in [0.3, 0.4) is 0 Å². The number of nitrogens with zero attached hydrogens (tertiary/aromatic N) is 1. The molecule has 0 heterocycles. The molecule has 1 fully saturated rings. The first kappa shape index (κ1) is 12.1. The van der Waals surface area contributed by atoms with Crippen LogP contribution in [-0.2, 0) is 10.0 Å². The van der Waals surface area contributed by atoms with Crippen LogP contribution in [0.4, 0.5) is 0 Å². The maximum Gasteiger partial charge on any atom is 0.241 e. The van der Waals surface area contributed by atoms with Crippen molar-refractivity contribution in [1.82, 2.24) is 4.72 Å². The van der Waals surface area contributed by atoms with Crippen molar-refractivity contribution in [3.63, 3.8) is 0 Å². The molecule has 1 aromatic carbocycles.